The van der Waals surface area contributed by atoms with Gasteiger partial charge in [-0.05, 0) is 93.1 Å². The number of pyridine rings is 1. The highest BCUT2D eigenvalue weighted by Crippen LogP contribution is 2.43. The molecule has 1 aromatic heterocycles. The SMILES string of the molecule is CNC[C@H]1CC[C@H](C(=O)N2CCO[C@@H]([C@@](O)(CCCCOC)c3ccnc(Cl)c3-c3cccc(C(C)C)c3)C2)CC1. The highest BCUT2D eigenvalue weighted by Gasteiger charge is 2.45. The molecule has 1 aliphatic carbocycles. The summed E-state index contributed by atoms with van der Waals surface area (Å²) in [4.78, 5) is 20.0. The molecule has 2 fully saturated rings. The summed E-state index contributed by atoms with van der Waals surface area (Å²) >= 11 is 6.79. The smallest absolute Gasteiger partial charge is 0.225 e. The Morgan fingerprint density at radius 2 is 2.02 bits per heavy atom. The number of nitrogens with one attached hydrogen (secondary N) is 1. The second-order valence-corrected chi connectivity index (χ2v) is 12.5. The van der Waals surface area contributed by atoms with Crippen LogP contribution in [0.25, 0.3) is 11.1 Å². The number of rotatable bonds is 12. The molecule has 1 saturated carbocycles. The maximum absolute atomic E-state index is 13.7. The number of unbranched alkanes of at least 4 members (excludes halogenated alkanes) is 1. The Balaban J connectivity index is 1.64. The molecule has 0 radical (unpaired) electrons. The number of aromatic nitrogens is 1. The van der Waals surface area contributed by atoms with Gasteiger partial charge in [0.1, 0.15) is 16.9 Å². The van der Waals surface area contributed by atoms with Gasteiger partial charge < -0.3 is 24.8 Å². The number of hydrogen-bond acceptors (Lipinski definition) is 6. The van der Waals surface area contributed by atoms with Crippen molar-refractivity contribution in [3.8, 4) is 11.1 Å². The average Bonchev–Trinajstić information content (AvgIpc) is 2.99. The quantitative estimate of drug-likeness (QED) is 0.243. The molecule has 41 heavy (non-hydrogen) atoms. The summed E-state index contributed by atoms with van der Waals surface area (Å²) in [6, 6.07) is 10.1. The molecule has 2 aromatic rings. The zero-order valence-corrected chi connectivity index (χ0v) is 26.0. The molecular formula is C33H48ClN3O4. The van der Waals surface area contributed by atoms with Crippen LogP contribution in [0.15, 0.2) is 36.5 Å². The normalized spacial score (nSPS) is 23.0. The average molecular weight is 586 g/mol. The van der Waals surface area contributed by atoms with Crippen molar-refractivity contribution in [2.75, 3.05) is 47.0 Å². The first-order valence-electron chi connectivity index (χ1n) is 15.3. The fourth-order valence-electron chi connectivity index (χ4n) is 6.53. The molecule has 226 valence electrons. The fraction of sp³-hybridized carbons (Fsp3) is 0.636. The van der Waals surface area contributed by atoms with Crippen LogP contribution in [0.1, 0.15) is 75.8 Å². The van der Waals surface area contributed by atoms with E-state index in [1.54, 1.807) is 13.3 Å². The number of carbonyl (C=O) groups excluding carboxylic acids is 1. The predicted octanol–water partition coefficient (Wildman–Crippen LogP) is 5.78. The van der Waals surface area contributed by atoms with E-state index in [4.69, 9.17) is 21.1 Å². The molecule has 0 spiro atoms. The van der Waals surface area contributed by atoms with Gasteiger partial charge in [0.15, 0.2) is 0 Å². The monoisotopic (exact) mass is 585 g/mol. The summed E-state index contributed by atoms with van der Waals surface area (Å²) in [6.07, 6.45) is 7.05. The number of benzene rings is 1. The van der Waals surface area contributed by atoms with Crippen molar-refractivity contribution in [2.45, 2.75) is 76.4 Å². The molecule has 2 heterocycles. The molecule has 1 aliphatic heterocycles. The number of nitrogens with zero attached hydrogens (tertiary/aromatic N) is 2. The third-order valence-corrected chi connectivity index (χ3v) is 9.26. The van der Waals surface area contributed by atoms with Gasteiger partial charge in [-0.1, -0.05) is 49.7 Å². The molecule has 2 N–H and O–H groups in total. The standard InChI is InChI=1S/C33H48ClN3O4/c1-23(2)26-8-7-9-27(20-26)30-28(14-16-36-31(30)34)33(39,15-5-6-18-40-4)29-22-37(17-19-41-29)32(38)25-12-10-24(11-13-25)21-35-3/h7-9,14,16,20,23-25,29,35,39H,5-6,10-13,15,17-19,21-22H2,1-4H3/t24-,25-,29-,33-/m1/s1. The van der Waals surface area contributed by atoms with Gasteiger partial charge >= 0.3 is 0 Å². The van der Waals surface area contributed by atoms with Crippen molar-refractivity contribution < 1.29 is 19.4 Å². The molecule has 2 aliphatic rings. The molecule has 4 rings (SSSR count). The Morgan fingerprint density at radius 3 is 2.73 bits per heavy atom. The van der Waals surface area contributed by atoms with E-state index in [1.807, 2.05) is 30.1 Å². The molecule has 1 saturated heterocycles. The van der Waals surface area contributed by atoms with E-state index in [-0.39, 0.29) is 11.8 Å². The van der Waals surface area contributed by atoms with E-state index < -0.39 is 11.7 Å². The Labute approximate surface area is 251 Å². The first-order chi connectivity index (χ1) is 19.8. The largest absolute Gasteiger partial charge is 0.385 e. The fourth-order valence-corrected chi connectivity index (χ4v) is 6.80. The van der Waals surface area contributed by atoms with Crippen molar-refractivity contribution in [1.29, 1.82) is 0 Å². The summed E-state index contributed by atoms with van der Waals surface area (Å²) in [5.41, 5.74) is 2.16. The van der Waals surface area contributed by atoms with Crippen LogP contribution >= 0.6 is 11.6 Å². The molecular weight excluding hydrogens is 538 g/mol. The van der Waals surface area contributed by atoms with Crippen LogP contribution in [0.3, 0.4) is 0 Å². The van der Waals surface area contributed by atoms with Gasteiger partial charge in [0.25, 0.3) is 0 Å². The number of methoxy groups -OCH3 is 1. The van der Waals surface area contributed by atoms with Crippen molar-refractivity contribution in [1.82, 2.24) is 15.2 Å². The van der Waals surface area contributed by atoms with Crippen molar-refractivity contribution >= 4 is 17.5 Å². The lowest BCUT2D eigenvalue weighted by molar-refractivity contribution is -0.168. The van der Waals surface area contributed by atoms with Crippen LogP contribution in [-0.2, 0) is 19.9 Å². The van der Waals surface area contributed by atoms with Gasteiger partial charge in [-0.2, -0.15) is 0 Å². The topological polar surface area (TPSA) is 83.9 Å². The zero-order chi connectivity index (χ0) is 29.4. The molecule has 8 heteroatoms. The van der Waals surface area contributed by atoms with Gasteiger partial charge in [-0.3, -0.25) is 4.79 Å². The lowest BCUT2D eigenvalue weighted by atomic mass is 9.78. The first-order valence-corrected chi connectivity index (χ1v) is 15.7. The third kappa shape index (κ3) is 7.68. The second-order valence-electron chi connectivity index (χ2n) is 12.1. The van der Waals surface area contributed by atoms with Crippen molar-refractivity contribution in [3.05, 3.63) is 52.8 Å². The van der Waals surface area contributed by atoms with E-state index >= 15 is 0 Å². The van der Waals surface area contributed by atoms with Crippen molar-refractivity contribution in [2.24, 2.45) is 11.8 Å². The summed E-state index contributed by atoms with van der Waals surface area (Å²) in [7, 11) is 3.68. The number of carbonyl (C=O) groups is 1. The molecule has 1 aromatic carbocycles. The Kier molecular flexibility index (Phi) is 11.6. The van der Waals surface area contributed by atoms with E-state index in [9.17, 15) is 9.90 Å². The zero-order valence-electron chi connectivity index (χ0n) is 25.2. The van der Waals surface area contributed by atoms with Crippen LogP contribution in [-0.4, -0.2) is 74.0 Å². The lowest BCUT2D eigenvalue weighted by Gasteiger charge is -2.44. The summed E-state index contributed by atoms with van der Waals surface area (Å²) in [5.74, 6) is 1.22. The minimum Gasteiger partial charge on any atom is -0.385 e. The number of halogens is 1. The Bertz CT molecular complexity index is 1140. The predicted molar refractivity (Wildman–Crippen MR) is 164 cm³/mol. The van der Waals surface area contributed by atoms with Crippen LogP contribution in [0.4, 0.5) is 0 Å². The van der Waals surface area contributed by atoms with Crippen LogP contribution in [0.5, 0.6) is 0 Å². The number of aliphatic hydroxyl groups is 1. The maximum atomic E-state index is 13.7. The van der Waals surface area contributed by atoms with Crippen LogP contribution < -0.4 is 5.32 Å². The lowest BCUT2D eigenvalue weighted by Crippen LogP contribution is -2.55. The highest BCUT2D eigenvalue weighted by molar-refractivity contribution is 6.32. The summed E-state index contributed by atoms with van der Waals surface area (Å²) < 4.78 is 11.6. The van der Waals surface area contributed by atoms with E-state index in [0.717, 1.165) is 56.2 Å². The molecule has 1 amide bonds. The van der Waals surface area contributed by atoms with Crippen molar-refractivity contribution in [3.63, 3.8) is 0 Å². The van der Waals surface area contributed by atoms with E-state index in [0.29, 0.717) is 55.3 Å². The van der Waals surface area contributed by atoms with Gasteiger partial charge in [0, 0.05) is 37.9 Å². The van der Waals surface area contributed by atoms with E-state index in [1.165, 1.54) is 5.56 Å². The van der Waals surface area contributed by atoms with Gasteiger partial charge in [0.2, 0.25) is 5.91 Å². The molecule has 0 unspecified atom stereocenters. The Morgan fingerprint density at radius 1 is 1.24 bits per heavy atom. The van der Waals surface area contributed by atoms with E-state index in [2.05, 4.69) is 36.3 Å². The number of morpholine rings is 1. The van der Waals surface area contributed by atoms with Crippen LogP contribution in [0, 0.1) is 11.8 Å². The minimum atomic E-state index is -1.37. The van der Waals surface area contributed by atoms with Gasteiger partial charge in [-0.25, -0.2) is 4.98 Å². The van der Waals surface area contributed by atoms with Gasteiger partial charge in [-0.15, -0.1) is 0 Å². The number of hydrogen-bond donors (Lipinski definition) is 2. The summed E-state index contributed by atoms with van der Waals surface area (Å²) in [5, 5.41) is 16.3. The third-order valence-electron chi connectivity index (χ3n) is 8.97. The maximum Gasteiger partial charge on any atom is 0.225 e. The second kappa shape index (κ2) is 14.9. The Hall–Kier alpha value is -2.03. The summed E-state index contributed by atoms with van der Waals surface area (Å²) in [6.45, 7) is 7.23. The molecule has 0 bridgehead atoms. The number of ether oxygens (including phenoxy) is 2. The number of amides is 1. The first kappa shape index (κ1) is 31.9. The molecule has 7 nitrogen and oxygen atoms in total. The van der Waals surface area contributed by atoms with Crippen LogP contribution in [0.2, 0.25) is 5.15 Å². The van der Waals surface area contributed by atoms with Gasteiger partial charge in [0.05, 0.1) is 13.2 Å². The highest BCUT2D eigenvalue weighted by atomic mass is 35.5. The molecule has 2 atom stereocenters. The minimum absolute atomic E-state index is 0.0429.